The van der Waals surface area contributed by atoms with Crippen LogP contribution in [-0.2, 0) is 0 Å². The van der Waals surface area contributed by atoms with Gasteiger partial charge in [-0.3, -0.25) is 0 Å². The van der Waals surface area contributed by atoms with Gasteiger partial charge in [-0.1, -0.05) is 0 Å². The zero-order chi connectivity index (χ0) is 6.81. The summed E-state index contributed by atoms with van der Waals surface area (Å²) < 4.78 is 0. The number of hydrogen-bond donors (Lipinski definition) is 0. The molecule has 0 amide bonds. The fourth-order valence-corrected chi connectivity index (χ4v) is 0.609. The Balaban J connectivity index is 2.89. The summed E-state index contributed by atoms with van der Waals surface area (Å²) in [6.45, 7) is 0. The van der Waals surface area contributed by atoms with E-state index in [4.69, 9.17) is 0 Å². The highest BCUT2D eigenvalue weighted by Crippen LogP contribution is 1.95. The van der Waals surface area contributed by atoms with Crippen molar-refractivity contribution >= 4 is 11.2 Å². The molecule has 0 N–H and O–H groups in total. The summed E-state index contributed by atoms with van der Waals surface area (Å²) in [6.07, 6.45) is 5.32. The van der Waals surface area contributed by atoms with Crippen molar-refractivity contribution in [3.05, 3.63) is 18.9 Å². The molecule has 2 rings (SSSR count). The second-order valence-corrected chi connectivity index (χ2v) is 1.62. The maximum absolute atomic E-state index is 3.83. The monoisotopic (exact) mass is 132 g/mol. The average Bonchev–Trinajstić information content (AvgIpc) is 2.05. The number of fused-ring (bicyclic) bond motifs is 1. The van der Waals surface area contributed by atoms with E-state index in [9.17, 15) is 0 Å². The van der Waals surface area contributed by atoms with E-state index in [-0.39, 0.29) is 0 Å². The van der Waals surface area contributed by atoms with E-state index in [1.807, 2.05) is 0 Å². The minimum absolute atomic E-state index is 0.470. The van der Waals surface area contributed by atoms with Gasteiger partial charge in [0.15, 0.2) is 0 Å². The molecule has 0 spiro atoms. The van der Waals surface area contributed by atoms with E-state index in [1.165, 1.54) is 12.7 Å². The highest BCUT2D eigenvalue weighted by atomic mass is 15.2. The van der Waals surface area contributed by atoms with E-state index < -0.39 is 0 Å². The fourth-order valence-electron chi connectivity index (χ4n) is 0.609. The maximum atomic E-state index is 3.83. The average molecular weight is 132 g/mol. The van der Waals surface area contributed by atoms with Gasteiger partial charge in [0.2, 0.25) is 5.65 Å². The lowest BCUT2D eigenvalue weighted by atomic mass is 10.5. The van der Waals surface area contributed by atoms with Crippen LogP contribution in [0.2, 0.25) is 0 Å². The third kappa shape index (κ3) is 0.680. The normalized spacial score (nSPS) is 10.0. The first-order valence-electron chi connectivity index (χ1n) is 2.63. The van der Waals surface area contributed by atoms with Gasteiger partial charge in [-0.05, 0) is 0 Å². The second-order valence-electron chi connectivity index (χ2n) is 1.62. The van der Waals surface area contributed by atoms with Crippen LogP contribution in [0.4, 0.5) is 0 Å². The lowest BCUT2D eigenvalue weighted by Gasteiger charge is -1.87. The van der Waals surface area contributed by atoms with Gasteiger partial charge in [0.05, 0.1) is 0 Å². The van der Waals surface area contributed by atoms with Crippen LogP contribution in [0.1, 0.15) is 0 Å². The number of hydrogen-bond acceptors (Lipinski definition) is 5. The zero-order valence-electron chi connectivity index (χ0n) is 4.89. The largest absolute Gasteiger partial charge is 0.232 e. The van der Waals surface area contributed by atoms with Crippen molar-refractivity contribution in [2.24, 2.45) is 0 Å². The molecule has 0 aromatic carbocycles. The molecule has 2 aromatic heterocycles. The molecule has 0 aliphatic heterocycles. The molecule has 2 aromatic rings. The molecule has 2 heterocycles. The fraction of sp³-hybridized carbons (Fsp3) is 0. The molecule has 5 nitrogen and oxygen atoms in total. The number of aromatic nitrogens is 5. The Kier molecular flexibility index (Phi) is 1.00. The number of nitrogens with zero attached hydrogens (tertiary/aromatic N) is 5. The molecule has 47 valence electrons. The van der Waals surface area contributed by atoms with Crippen molar-refractivity contribution in [2.75, 3.05) is 0 Å². The summed E-state index contributed by atoms with van der Waals surface area (Å²) in [5.41, 5.74) is 1.01. The topological polar surface area (TPSA) is 64.5 Å². The summed E-state index contributed by atoms with van der Waals surface area (Å²) in [5.74, 6) is 0. The Hall–Kier alpha value is -1.65. The molecule has 0 atom stereocenters. The van der Waals surface area contributed by atoms with E-state index in [0.717, 1.165) is 0 Å². The van der Waals surface area contributed by atoms with Crippen molar-refractivity contribution in [1.29, 1.82) is 0 Å². The van der Waals surface area contributed by atoms with Gasteiger partial charge in [0.1, 0.15) is 24.4 Å². The van der Waals surface area contributed by atoms with Gasteiger partial charge in [-0.15, -0.1) is 10.2 Å². The molecule has 0 saturated heterocycles. The van der Waals surface area contributed by atoms with E-state index in [1.54, 1.807) is 0 Å². The van der Waals surface area contributed by atoms with Crippen LogP contribution in [0.15, 0.2) is 12.7 Å². The van der Waals surface area contributed by atoms with Crippen LogP contribution >= 0.6 is 0 Å². The molecule has 5 heteroatoms. The highest BCUT2D eigenvalue weighted by Gasteiger charge is 1.93. The zero-order valence-corrected chi connectivity index (χ0v) is 4.89. The van der Waals surface area contributed by atoms with Crippen molar-refractivity contribution in [2.45, 2.75) is 0 Å². The Morgan fingerprint density at radius 3 is 3.10 bits per heavy atom. The first-order valence-corrected chi connectivity index (χ1v) is 2.63. The third-order valence-corrected chi connectivity index (χ3v) is 1.01. The lowest BCUT2D eigenvalue weighted by molar-refractivity contribution is 0.987. The molecule has 0 unspecified atom stereocenters. The minimum Gasteiger partial charge on any atom is -0.232 e. The Labute approximate surface area is 56.2 Å². The molecular formula is C5H2N5. The van der Waals surface area contributed by atoms with Gasteiger partial charge >= 0.3 is 0 Å². The van der Waals surface area contributed by atoms with Crippen molar-refractivity contribution in [1.82, 2.24) is 25.1 Å². The molecule has 0 aliphatic carbocycles. The first-order chi connectivity index (χ1) is 4.97. The summed E-state index contributed by atoms with van der Waals surface area (Å²) >= 11 is 0. The van der Waals surface area contributed by atoms with Crippen LogP contribution in [0.3, 0.4) is 0 Å². The molecule has 0 saturated carbocycles. The lowest BCUT2D eigenvalue weighted by Crippen LogP contribution is -1.90. The quantitative estimate of drug-likeness (QED) is 0.488. The maximum Gasteiger partial charge on any atom is 0.204 e. The number of rotatable bonds is 0. The predicted molar refractivity (Wildman–Crippen MR) is 31.8 cm³/mol. The van der Waals surface area contributed by atoms with Gasteiger partial charge in [-0.2, -0.15) is 0 Å². The molecule has 0 fully saturated rings. The standard InChI is InChI=1S/C5H2N5/c1-4-5(8-2-6-1)10-9-3-7-4/h2-3H. The molecule has 1 radical (unpaired) electrons. The summed E-state index contributed by atoms with van der Waals surface area (Å²) in [6, 6.07) is 0. The van der Waals surface area contributed by atoms with Crippen LogP contribution in [0, 0.1) is 6.20 Å². The SMILES string of the molecule is [c]1ncnc2nncnc12. The van der Waals surface area contributed by atoms with Gasteiger partial charge in [0.25, 0.3) is 0 Å². The molecule has 0 bridgehead atoms. The first kappa shape index (κ1) is 5.16. The van der Waals surface area contributed by atoms with E-state index >= 15 is 0 Å². The summed E-state index contributed by atoms with van der Waals surface area (Å²) in [5, 5.41) is 7.23. The van der Waals surface area contributed by atoms with Crippen molar-refractivity contribution in [3.63, 3.8) is 0 Å². The molecular weight excluding hydrogens is 130 g/mol. The van der Waals surface area contributed by atoms with Gasteiger partial charge in [-0.25, -0.2) is 15.0 Å². The summed E-state index contributed by atoms with van der Waals surface area (Å²) in [4.78, 5) is 11.3. The second kappa shape index (κ2) is 1.94. The Morgan fingerprint density at radius 2 is 2.20 bits per heavy atom. The van der Waals surface area contributed by atoms with Crippen molar-refractivity contribution in [3.8, 4) is 0 Å². The molecule has 10 heavy (non-hydrogen) atoms. The van der Waals surface area contributed by atoms with Crippen LogP contribution in [-0.4, -0.2) is 25.1 Å². The van der Waals surface area contributed by atoms with E-state index in [2.05, 4.69) is 31.3 Å². The van der Waals surface area contributed by atoms with Crippen molar-refractivity contribution < 1.29 is 0 Å². The van der Waals surface area contributed by atoms with Crippen LogP contribution < -0.4 is 0 Å². The summed E-state index contributed by atoms with van der Waals surface area (Å²) in [7, 11) is 0. The highest BCUT2D eigenvalue weighted by molar-refractivity contribution is 5.65. The molecule has 0 aliphatic rings. The van der Waals surface area contributed by atoms with Gasteiger partial charge in [0, 0.05) is 0 Å². The predicted octanol–water partition coefficient (Wildman–Crippen LogP) is -0.385. The van der Waals surface area contributed by atoms with Crippen LogP contribution in [0.5, 0.6) is 0 Å². The Bertz CT molecular complexity index is 281. The van der Waals surface area contributed by atoms with Crippen LogP contribution in [0.25, 0.3) is 11.2 Å². The Morgan fingerprint density at radius 1 is 1.20 bits per heavy atom. The minimum atomic E-state index is 0.470. The smallest absolute Gasteiger partial charge is 0.204 e. The van der Waals surface area contributed by atoms with Gasteiger partial charge < -0.3 is 0 Å². The van der Waals surface area contributed by atoms with E-state index in [0.29, 0.717) is 11.2 Å². The third-order valence-electron chi connectivity index (χ3n) is 1.01.